The highest BCUT2D eigenvalue weighted by Gasteiger charge is 2.21. The number of nitrogens with one attached hydrogen (secondary N) is 1. The molecule has 1 saturated carbocycles. The summed E-state index contributed by atoms with van der Waals surface area (Å²) in [5.74, 6) is -0.654. The summed E-state index contributed by atoms with van der Waals surface area (Å²) in [5, 5.41) is 2.86. The third kappa shape index (κ3) is 5.86. The molecule has 1 aromatic carbocycles. The lowest BCUT2D eigenvalue weighted by Gasteiger charge is -2.26. The summed E-state index contributed by atoms with van der Waals surface area (Å²) in [7, 11) is 1.27. The number of halogens is 2. The van der Waals surface area contributed by atoms with Crippen LogP contribution in [0.3, 0.4) is 0 Å². The van der Waals surface area contributed by atoms with Crippen molar-refractivity contribution in [2.24, 2.45) is 5.92 Å². The van der Waals surface area contributed by atoms with Crippen LogP contribution in [0.2, 0.25) is 0 Å². The third-order valence-corrected chi connectivity index (χ3v) is 4.33. The number of esters is 1. The van der Waals surface area contributed by atoms with Crippen molar-refractivity contribution in [3.63, 3.8) is 0 Å². The van der Waals surface area contributed by atoms with Crippen molar-refractivity contribution < 1.29 is 32.6 Å². The third-order valence-electron chi connectivity index (χ3n) is 4.33. The molecule has 26 heavy (non-hydrogen) atoms. The van der Waals surface area contributed by atoms with Gasteiger partial charge in [-0.15, -0.1) is 0 Å². The molecule has 1 amide bonds. The molecule has 0 aliphatic heterocycles. The fourth-order valence-electron chi connectivity index (χ4n) is 2.88. The van der Waals surface area contributed by atoms with Crippen molar-refractivity contribution in [1.82, 2.24) is 5.32 Å². The molecule has 2 rings (SSSR count). The lowest BCUT2D eigenvalue weighted by Crippen LogP contribution is -2.39. The number of ether oxygens (including phenoxy) is 3. The molecule has 0 aromatic heterocycles. The average Bonchev–Trinajstić information content (AvgIpc) is 2.61. The number of hydrogen-bond acceptors (Lipinski definition) is 5. The normalized spacial score (nSPS) is 19.7. The molecule has 0 saturated heterocycles. The zero-order valence-corrected chi connectivity index (χ0v) is 14.8. The van der Waals surface area contributed by atoms with Crippen LogP contribution >= 0.6 is 0 Å². The fourth-order valence-corrected chi connectivity index (χ4v) is 2.88. The minimum absolute atomic E-state index is 0.0273. The molecule has 1 aliphatic rings. The number of amides is 1. The Kier molecular flexibility index (Phi) is 7.17. The van der Waals surface area contributed by atoms with Crippen LogP contribution in [0.1, 0.15) is 43.0 Å². The van der Waals surface area contributed by atoms with E-state index in [-0.39, 0.29) is 29.0 Å². The van der Waals surface area contributed by atoms with Gasteiger partial charge in [-0.2, -0.15) is 8.78 Å². The molecule has 144 valence electrons. The quantitative estimate of drug-likeness (QED) is 0.746. The van der Waals surface area contributed by atoms with Gasteiger partial charge in [0.15, 0.2) is 18.1 Å². The van der Waals surface area contributed by atoms with E-state index in [2.05, 4.69) is 17.0 Å². The first-order valence-electron chi connectivity index (χ1n) is 8.48. The Hall–Kier alpha value is -2.38. The van der Waals surface area contributed by atoms with Gasteiger partial charge in [0.1, 0.15) is 0 Å². The van der Waals surface area contributed by atoms with E-state index in [9.17, 15) is 18.4 Å². The predicted octanol–water partition coefficient (Wildman–Crippen LogP) is 3.15. The molecule has 1 N–H and O–H groups in total. The molecule has 6 nitrogen and oxygen atoms in total. The first-order valence-corrected chi connectivity index (χ1v) is 8.48. The second-order valence-electron chi connectivity index (χ2n) is 6.34. The van der Waals surface area contributed by atoms with E-state index in [4.69, 9.17) is 9.47 Å². The Morgan fingerprint density at radius 2 is 1.88 bits per heavy atom. The van der Waals surface area contributed by atoms with Crippen LogP contribution in [0, 0.1) is 5.92 Å². The summed E-state index contributed by atoms with van der Waals surface area (Å²) in [6.07, 6.45) is 3.97. The van der Waals surface area contributed by atoms with E-state index in [0.717, 1.165) is 25.7 Å². The molecular formula is C18H23F2NO5. The molecule has 0 unspecified atom stereocenters. The van der Waals surface area contributed by atoms with Crippen molar-refractivity contribution >= 4 is 11.9 Å². The lowest BCUT2D eigenvalue weighted by atomic mass is 9.87. The van der Waals surface area contributed by atoms with Crippen LogP contribution in [0.15, 0.2) is 18.2 Å². The van der Waals surface area contributed by atoms with Crippen molar-refractivity contribution in [2.75, 3.05) is 13.7 Å². The molecule has 0 bridgehead atoms. The van der Waals surface area contributed by atoms with Gasteiger partial charge >= 0.3 is 12.6 Å². The maximum atomic E-state index is 12.3. The summed E-state index contributed by atoms with van der Waals surface area (Å²) in [6, 6.07) is 3.79. The SMILES string of the molecule is COc1cc(C(=O)OCC(=O)NC2CCC(C)CC2)ccc1OC(F)F. The largest absolute Gasteiger partial charge is 0.493 e. The lowest BCUT2D eigenvalue weighted by molar-refractivity contribution is -0.125. The molecule has 1 aliphatic carbocycles. The Labute approximate surface area is 150 Å². The van der Waals surface area contributed by atoms with Crippen molar-refractivity contribution in [3.05, 3.63) is 23.8 Å². The van der Waals surface area contributed by atoms with Crippen LogP contribution in [-0.2, 0) is 9.53 Å². The van der Waals surface area contributed by atoms with Crippen molar-refractivity contribution in [2.45, 2.75) is 45.3 Å². The number of carbonyl (C=O) groups is 2. The van der Waals surface area contributed by atoms with E-state index in [0.29, 0.717) is 5.92 Å². The second kappa shape index (κ2) is 9.35. The topological polar surface area (TPSA) is 73.9 Å². The monoisotopic (exact) mass is 371 g/mol. The van der Waals surface area contributed by atoms with Gasteiger partial charge in [0.05, 0.1) is 12.7 Å². The first kappa shape index (κ1) is 19.9. The maximum absolute atomic E-state index is 12.3. The predicted molar refractivity (Wildman–Crippen MR) is 89.5 cm³/mol. The molecule has 0 radical (unpaired) electrons. The smallest absolute Gasteiger partial charge is 0.387 e. The van der Waals surface area contributed by atoms with Crippen LogP contribution < -0.4 is 14.8 Å². The highest BCUT2D eigenvalue weighted by atomic mass is 19.3. The second-order valence-corrected chi connectivity index (χ2v) is 6.34. The van der Waals surface area contributed by atoms with Gasteiger partial charge in [-0.05, 0) is 49.8 Å². The zero-order valence-electron chi connectivity index (χ0n) is 14.8. The fraction of sp³-hybridized carbons (Fsp3) is 0.556. The number of carbonyl (C=O) groups excluding carboxylic acids is 2. The van der Waals surface area contributed by atoms with Gasteiger partial charge < -0.3 is 19.5 Å². The van der Waals surface area contributed by atoms with Crippen LogP contribution in [0.4, 0.5) is 8.78 Å². The van der Waals surface area contributed by atoms with Gasteiger partial charge in [0.25, 0.3) is 5.91 Å². The molecular weight excluding hydrogens is 348 g/mol. The number of hydrogen-bond donors (Lipinski definition) is 1. The van der Waals surface area contributed by atoms with E-state index in [1.807, 2.05) is 0 Å². The van der Waals surface area contributed by atoms with Gasteiger partial charge in [0, 0.05) is 6.04 Å². The van der Waals surface area contributed by atoms with Gasteiger partial charge in [-0.3, -0.25) is 4.79 Å². The molecule has 1 fully saturated rings. The highest BCUT2D eigenvalue weighted by Crippen LogP contribution is 2.29. The average molecular weight is 371 g/mol. The van der Waals surface area contributed by atoms with E-state index < -0.39 is 19.2 Å². The Balaban J connectivity index is 1.86. The standard InChI is InChI=1S/C18H23F2NO5/c1-11-3-6-13(7-4-11)21-16(22)10-25-17(23)12-5-8-14(26-18(19)20)15(9-12)24-2/h5,8-9,11,13,18H,3-4,6-7,10H2,1-2H3,(H,21,22). The molecule has 1 aromatic rings. The van der Waals surface area contributed by atoms with Gasteiger partial charge in [-0.1, -0.05) is 6.92 Å². The number of rotatable bonds is 7. The van der Waals surface area contributed by atoms with Gasteiger partial charge in [-0.25, -0.2) is 4.79 Å². The van der Waals surface area contributed by atoms with Crippen LogP contribution in [0.5, 0.6) is 11.5 Å². The first-order chi connectivity index (χ1) is 12.4. The number of methoxy groups -OCH3 is 1. The summed E-state index contributed by atoms with van der Waals surface area (Å²) < 4.78 is 38.8. The number of alkyl halides is 2. The Morgan fingerprint density at radius 1 is 1.19 bits per heavy atom. The van der Waals surface area contributed by atoms with Crippen molar-refractivity contribution in [3.8, 4) is 11.5 Å². The summed E-state index contributed by atoms with van der Waals surface area (Å²) in [6.45, 7) is -1.22. The van der Waals surface area contributed by atoms with E-state index in [1.54, 1.807) is 0 Å². The highest BCUT2D eigenvalue weighted by molar-refractivity contribution is 5.92. The van der Waals surface area contributed by atoms with Crippen molar-refractivity contribution in [1.29, 1.82) is 0 Å². The molecule has 0 atom stereocenters. The number of benzene rings is 1. The van der Waals surface area contributed by atoms with E-state index in [1.165, 1.54) is 25.3 Å². The summed E-state index contributed by atoms with van der Waals surface area (Å²) in [4.78, 5) is 23.9. The molecule has 8 heteroatoms. The zero-order chi connectivity index (χ0) is 19.1. The van der Waals surface area contributed by atoms with E-state index >= 15 is 0 Å². The van der Waals surface area contributed by atoms with Gasteiger partial charge in [0.2, 0.25) is 0 Å². The summed E-state index contributed by atoms with van der Waals surface area (Å²) in [5.41, 5.74) is 0.0720. The Bertz CT molecular complexity index is 630. The minimum atomic E-state index is -3.01. The Morgan fingerprint density at radius 3 is 2.50 bits per heavy atom. The molecule has 0 spiro atoms. The van der Waals surface area contributed by atoms with Crippen LogP contribution in [-0.4, -0.2) is 38.2 Å². The maximum Gasteiger partial charge on any atom is 0.387 e. The summed E-state index contributed by atoms with van der Waals surface area (Å²) >= 11 is 0. The van der Waals surface area contributed by atoms with Crippen LogP contribution in [0.25, 0.3) is 0 Å². The minimum Gasteiger partial charge on any atom is -0.493 e. The molecule has 0 heterocycles.